The molecular formula is C13H16N2O4. The fourth-order valence-electron chi connectivity index (χ4n) is 3.14. The number of carboxylic acid groups (broad SMARTS) is 2. The minimum absolute atomic E-state index is 0.0437. The Labute approximate surface area is 110 Å². The fourth-order valence-corrected chi connectivity index (χ4v) is 3.14. The van der Waals surface area contributed by atoms with Gasteiger partial charge in [-0.2, -0.15) is 0 Å². The van der Waals surface area contributed by atoms with E-state index in [-0.39, 0.29) is 5.69 Å². The van der Waals surface area contributed by atoms with Gasteiger partial charge < -0.3 is 14.8 Å². The van der Waals surface area contributed by atoms with Crippen molar-refractivity contribution in [2.24, 2.45) is 0 Å². The molecule has 6 nitrogen and oxygen atoms in total. The summed E-state index contributed by atoms with van der Waals surface area (Å²) in [6.07, 6.45) is 4.52. The van der Waals surface area contributed by atoms with Crippen molar-refractivity contribution in [1.82, 2.24) is 9.55 Å². The molecule has 2 heterocycles. The molecule has 6 heteroatoms. The van der Waals surface area contributed by atoms with Crippen molar-refractivity contribution in [1.29, 1.82) is 0 Å². The summed E-state index contributed by atoms with van der Waals surface area (Å²) in [7, 11) is 0. The lowest BCUT2D eigenvalue weighted by Gasteiger charge is -2.37. The van der Waals surface area contributed by atoms with E-state index >= 15 is 0 Å². The summed E-state index contributed by atoms with van der Waals surface area (Å²) in [5.74, 6) is -1.48. The molecule has 0 saturated heterocycles. The molecule has 102 valence electrons. The van der Waals surface area contributed by atoms with Crippen LogP contribution in [0.15, 0.2) is 0 Å². The molecule has 1 saturated carbocycles. The van der Waals surface area contributed by atoms with Crippen LogP contribution in [0.25, 0.3) is 0 Å². The Morgan fingerprint density at radius 3 is 2.42 bits per heavy atom. The summed E-state index contributed by atoms with van der Waals surface area (Å²) in [6, 6.07) is 0. The zero-order valence-electron chi connectivity index (χ0n) is 10.6. The second kappa shape index (κ2) is 4.08. The van der Waals surface area contributed by atoms with E-state index in [0.717, 1.165) is 19.3 Å². The number of aromatic nitrogens is 2. The molecule has 19 heavy (non-hydrogen) atoms. The van der Waals surface area contributed by atoms with Gasteiger partial charge in [0.05, 0.1) is 5.69 Å². The van der Waals surface area contributed by atoms with Crippen LogP contribution in [0.2, 0.25) is 0 Å². The third-order valence-corrected chi connectivity index (χ3v) is 4.36. The topological polar surface area (TPSA) is 92.4 Å². The van der Waals surface area contributed by atoms with Gasteiger partial charge in [-0.05, 0) is 32.1 Å². The van der Waals surface area contributed by atoms with Crippen LogP contribution in [0.5, 0.6) is 0 Å². The molecule has 0 atom stereocenters. The molecule has 1 aromatic heterocycles. The highest BCUT2D eigenvalue weighted by atomic mass is 16.4. The first kappa shape index (κ1) is 12.2. The van der Waals surface area contributed by atoms with Crippen molar-refractivity contribution >= 4 is 11.9 Å². The Kier molecular flexibility index (Phi) is 2.62. The summed E-state index contributed by atoms with van der Waals surface area (Å²) in [4.78, 5) is 27.0. The first-order valence-corrected chi connectivity index (χ1v) is 6.63. The monoisotopic (exact) mass is 264 g/mol. The lowest BCUT2D eigenvalue weighted by atomic mass is 9.68. The van der Waals surface area contributed by atoms with Crippen LogP contribution in [0, 0.1) is 0 Å². The lowest BCUT2D eigenvalue weighted by molar-refractivity contribution is -0.148. The number of carboxylic acids is 2. The molecule has 3 rings (SSSR count). The van der Waals surface area contributed by atoms with Crippen LogP contribution in [0.1, 0.15) is 54.1 Å². The number of aromatic carboxylic acids is 1. The van der Waals surface area contributed by atoms with Crippen molar-refractivity contribution in [3.8, 4) is 0 Å². The summed E-state index contributed by atoms with van der Waals surface area (Å²) < 4.78 is 1.85. The molecule has 1 aliphatic carbocycles. The molecule has 0 aromatic carbocycles. The van der Waals surface area contributed by atoms with E-state index in [1.54, 1.807) is 0 Å². The van der Waals surface area contributed by atoms with E-state index in [4.69, 9.17) is 0 Å². The maximum absolute atomic E-state index is 11.6. The second-order valence-corrected chi connectivity index (χ2v) is 5.39. The number of nitrogens with zero attached hydrogens (tertiary/aromatic N) is 2. The molecular weight excluding hydrogens is 248 g/mol. The Balaban J connectivity index is 2.16. The minimum atomic E-state index is -1.06. The molecule has 0 bridgehead atoms. The molecule has 1 aliphatic heterocycles. The Hall–Kier alpha value is -1.85. The van der Waals surface area contributed by atoms with Gasteiger partial charge >= 0.3 is 11.9 Å². The third-order valence-electron chi connectivity index (χ3n) is 4.36. The van der Waals surface area contributed by atoms with Gasteiger partial charge in [0.25, 0.3) is 0 Å². The van der Waals surface area contributed by atoms with Gasteiger partial charge in [-0.25, -0.2) is 9.78 Å². The molecule has 1 fully saturated rings. The lowest BCUT2D eigenvalue weighted by Crippen LogP contribution is -2.45. The minimum Gasteiger partial charge on any atom is -0.480 e. The van der Waals surface area contributed by atoms with Gasteiger partial charge in [-0.15, -0.1) is 0 Å². The van der Waals surface area contributed by atoms with E-state index in [2.05, 4.69) is 4.98 Å². The smallest absolute Gasteiger partial charge is 0.356 e. The molecule has 0 spiro atoms. The van der Waals surface area contributed by atoms with Gasteiger partial charge in [0.2, 0.25) is 0 Å². The van der Waals surface area contributed by atoms with Crippen molar-refractivity contribution in [2.75, 3.05) is 0 Å². The van der Waals surface area contributed by atoms with Crippen molar-refractivity contribution in [3.05, 3.63) is 17.2 Å². The highest BCUT2D eigenvalue weighted by Crippen LogP contribution is 2.44. The van der Waals surface area contributed by atoms with Crippen LogP contribution in [-0.2, 0) is 23.2 Å². The summed E-state index contributed by atoms with van der Waals surface area (Å²) in [5.41, 5.74) is -0.219. The highest BCUT2D eigenvalue weighted by molar-refractivity contribution is 5.88. The maximum atomic E-state index is 11.6. The number of carbonyl (C=O) groups is 2. The van der Waals surface area contributed by atoms with E-state index in [1.807, 2.05) is 4.57 Å². The third kappa shape index (κ3) is 1.59. The predicted octanol–water partition coefficient (Wildman–Crippen LogP) is 1.42. The van der Waals surface area contributed by atoms with E-state index < -0.39 is 17.4 Å². The van der Waals surface area contributed by atoms with Gasteiger partial charge in [0.1, 0.15) is 11.2 Å². The van der Waals surface area contributed by atoms with E-state index in [9.17, 15) is 19.8 Å². The summed E-state index contributed by atoms with van der Waals surface area (Å²) in [5, 5.41) is 18.7. The van der Waals surface area contributed by atoms with Crippen LogP contribution in [-0.4, -0.2) is 31.7 Å². The van der Waals surface area contributed by atoms with Gasteiger partial charge in [-0.1, -0.05) is 6.42 Å². The summed E-state index contributed by atoms with van der Waals surface area (Å²) >= 11 is 0. The quantitative estimate of drug-likeness (QED) is 0.861. The zero-order valence-corrected chi connectivity index (χ0v) is 10.6. The average molecular weight is 264 g/mol. The number of fused-ring (bicyclic) bond motifs is 1. The SMILES string of the molecule is O=C(O)c1nc(C2(C(=O)O)CCC2)n2c1CCCC2. The van der Waals surface area contributed by atoms with Crippen LogP contribution >= 0.6 is 0 Å². The molecule has 0 radical (unpaired) electrons. The first-order chi connectivity index (χ1) is 9.06. The van der Waals surface area contributed by atoms with Crippen LogP contribution < -0.4 is 0 Å². The second-order valence-electron chi connectivity index (χ2n) is 5.39. The largest absolute Gasteiger partial charge is 0.480 e. The number of imidazole rings is 1. The van der Waals surface area contributed by atoms with Gasteiger partial charge in [0, 0.05) is 6.54 Å². The van der Waals surface area contributed by atoms with Crippen LogP contribution in [0.4, 0.5) is 0 Å². The van der Waals surface area contributed by atoms with Crippen molar-refractivity contribution in [2.45, 2.75) is 50.5 Å². The normalized spacial score (nSPS) is 20.4. The number of rotatable bonds is 3. The maximum Gasteiger partial charge on any atom is 0.356 e. The number of aliphatic carboxylic acids is 1. The van der Waals surface area contributed by atoms with Crippen LogP contribution in [0.3, 0.4) is 0 Å². The Morgan fingerprint density at radius 2 is 1.89 bits per heavy atom. The Morgan fingerprint density at radius 1 is 1.16 bits per heavy atom. The first-order valence-electron chi connectivity index (χ1n) is 6.63. The van der Waals surface area contributed by atoms with Crippen molar-refractivity contribution in [3.63, 3.8) is 0 Å². The zero-order chi connectivity index (χ0) is 13.6. The fraction of sp³-hybridized carbons (Fsp3) is 0.615. The molecule has 1 aromatic rings. The van der Waals surface area contributed by atoms with E-state index in [1.165, 1.54) is 0 Å². The molecule has 0 unspecified atom stereocenters. The highest BCUT2D eigenvalue weighted by Gasteiger charge is 2.50. The predicted molar refractivity (Wildman–Crippen MR) is 65.3 cm³/mol. The van der Waals surface area contributed by atoms with Gasteiger partial charge in [0.15, 0.2) is 5.69 Å². The van der Waals surface area contributed by atoms with Crippen molar-refractivity contribution < 1.29 is 19.8 Å². The summed E-state index contributed by atoms with van der Waals surface area (Å²) in [6.45, 7) is 0.681. The number of hydrogen-bond donors (Lipinski definition) is 2. The Bertz CT molecular complexity index is 557. The molecule has 2 aliphatic rings. The van der Waals surface area contributed by atoms with Gasteiger partial charge in [-0.3, -0.25) is 4.79 Å². The van der Waals surface area contributed by atoms with E-state index in [0.29, 0.717) is 37.3 Å². The average Bonchev–Trinajstić information content (AvgIpc) is 2.68. The molecule has 0 amide bonds. The standard InChI is InChI=1S/C13H16N2O4/c16-10(17)9-8-4-1-2-7-15(8)11(14-9)13(12(18)19)5-3-6-13/h1-7H2,(H,16,17)(H,18,19). The molecule has 2 N–H and O–H groups in total. The number of hydrogen-bond acceptors (Lipinski definition) is 3.